The summed E-state index contributed by atoms with van der Waals surface area (Å²) < 4.78 is 13.1. The quantitative estimate of drug-likeness (QED) is 0.505. The van der Waals surface area contributed by atoms with E-state index < -0.39 is 0 Å². The number of para-hydroxylation sites is 2. The molecule has 1 heterocycles. The van der Waals surface area contributed by atoms with Crippen molar-refractivity contribution in [2.45, 2.75) is 32.4 Å². The van der Waals surface area contributed by atoms with Gasteiger partial charge < -0.3 is 14.8 Å². The van der Waals surface area contributed by atoms with Gasteiger partial charge >= 0.3 is 0 Å². The third kappa shape index (κ3) is 6.34. The Morgan fingerprint density at radius 1 is 1.07 bits per heavy atom. The molecule has 2 aromatic carbocycles. The SMILES string of the molecule is CCOc1ccccc1OCCCC(=O)NC(Cn1cncn1)c1ccccc1. The van der Waals surface area contributed by atoms with Crippen LogP contribution in [0.1, 0.15) is 31.4 Å². The van der Waals surface area contributed by atoms with Gasteiger partial charge in [-0.1, -0.05) is 42.5 Å². The van der Waals surface area contributed by atoms with E-state index in [0.29, 0.717) is 38.3 Å². The van der Waals surface area contributed by atoms with Gasteiger partial charge in [-0.25, -0.2) is 4.98 Å². The minimum atomic E-state index is -0.176. The van der Waals surface area contributed by atoms with E-state index in [1.54, 1.807) is 11.0 Å². The molecule has 0 saturated carbocycles. The summed E-state index contributed by atoms with van der Waals surface area (Å²) in [6.07, 6.45) is 4.11. The molecule has 3 rings (SSSR count). The highest BCUT2D eigenvalue weighted by Gasteiger charge is 2.15. The first-order valence-corrected chi connectivity index (χ1v) is 9.77. The van der Waals surface area contributed by atoms with E-state index >= 15 is 0 Å². The summed E-state index contributed by atoms with van der Waals surface area (Å²) in [5.41, 5.74) is 1.03. The van der Waals surface area contributed by atoms with Crippen LogP contribution in [-0.4, -0.2) is 33.9 Å². The minimum absolute atomic E-state index is 0.0272. The topological polar surface area (TPSA) is 78.3 Å². The van der Waals surface area contributed by atoms with Crippen molar-refractivity contribution in [3.8, 4) is 11.5 Å². The summed E-state index contributed by atoms with van der Waals surface area (Å²) >= 11 is 0. The van der Waals surface area contributed by atoms with Crippen LogP contribution in [0.4, 0.5) is 0 Å². The van der Waals surface area contributed by atoms with Crippen molar-refractivity contribution in [2.24, 2.45) is 0 Å². The van der Waals surface area contributed by atoms with Crippen molar-refractivity contribution in [2.75, 3.05) is 13.2 Å². The molecule has 0 aliphatic heterocycles. The summed E-state index contributed by atoms with van der Waals surface area (Å²) in [7, 11) is 0. The summed E-state index contributed by atoms with van der Waals surface area (Å²) in [5.74, 6) is 1.39. The Kier molecular flexibility index (Phi) is 7.63. The van der Waals surface area contributed by atoms with Crippen molar-refractivity contribution in [3.63, 3.8) is 0 Å². The number of carbonyl (C=O) groups is 1. The Hall–Kier alpha value is -3.35. The van der Waals surface area contributed by atoms with Gasteiger partial charge in [-0.3, -0.25) is 9.48 Å². The molecule has 0 saturated heterocycles. The summed E-state index contributed by atoms with van der Waals surface area (Å²) in [6.45, 7) is 3.48. The van der Waals surface area contributed by atoms with E-state index in [2.05, 4.69) is 15.4 Å². The molecule has 152 valence electrons. The van der Waals surface area contributed by atoms with Gasteiger partial charge in [0.05, 0.1) is 25.8 Å². The van der Waals surface area contributed by atoms with Gasteiger partial charge in [-0.15, -0.1) is 0 Å². The maximum atomic E-state index is 12.5. The highest BCUT2D eigenvalue weighted by atomic mass is 16.5. The Labute approximate surface area is 170 Å². The molecule has 0 aliphatic carbocycles. The molecule has 29 heavy (non-hydrogen) atoms. The van der Waals surface area contributed by atoms with Crippen molar-refractivity contribution in [3.05, 3.63) is 72.8 Å². The number of amides is 1. The third-order valence-electron chi connectivity index (χ3n) is 4.33. The fraction of sp³-hybridized carbons (Fsp3) is 0.318. The second-order valence-electron chi connectivity index (χ2n) is 6.48. The number of nitrogens with one attached hydrogen (secondary N) is 1. The lowest BCUT2D eigenvalue weighted by Gasteiger charge is -2.19. The largest absolute Gasteiger partial charge is 0.490 e. The van der Waals surface area contributed by atoms with Gasteiger partial charge in [-0.05, 0) is 31.0 Å². The Bertz CT molecular complexity index is 869. The Balaban J connectivity index is 1.50. The predicted octanol–water partition coefficient (Wildman–Crippen LogP) is 3.39. The lowest BCUT2D eigenvalue weighted by molar-refractivity contribution is -0.122. The summed E-state index contributed by atoms with van der Waals surface area (Å²) in [4.78, 5) is 16.5. The van der Waals surface area contributed by atoms with Crippen LogP contribution in [0, 0.1) is 0 Å². The fourth-order valence-corrected chi connectivity index (χ4v) is 2.96. The van der Waals surface area contributed by atoms with E-state index in [4.69, 9.17) is 9.47 Å². The van der Waals surface area contributed by atoms with Crippen molar-refractivity contribution in [1.82, 2.24) is 20.1 Å². The van der Waals surface area contributed by atoms with Crippen LogP contribution < -0.4 is 14.8 Å². The maximum absolute atomic E-state index is 12.5. The molecule has 0 fully saturated rings. The second-order valence-corrected chi connectivity index (χ2v) is 6.48. The number of hydrogen-bond donors (Lipinski definition) is 1. The van der Waals surface area contributed by atoms with Gasteiger partial charge in [0, 0.05) is 6.42 Å². The lowest BCUT2D eigenvalue weighted by Crippen LogP contribution is -2.31. The normalized spacial score (nSPS) is 11.6. The van der Waals surface area contributed by atoms with Gasteiger partial charge in [0.1, 0.15) is 12.7 Å². The standard InChI is InChI=1S/C22H26N4O3/c1-2-28-20-11-6-7-12-21(20)29-14-8-13-22(27)25-19(15-26-17-23-16-24-26)18-9-4-3-5-10-18/h3-7,9-12,16-17,19H,2,8,13-15H2,1H3,(H,25,27). The fourth-order valence-electron chi connectivity index (χ4n) is 2.96. The first-order chi connectivity index (χ1) is 14.3. The molecule has 1 N–H and O–H groups in total. The molecule has 3 aromatic rings. The van der Waals surface area contributed by atoms with Crippen molar-refractivity contribution < 1.29 is 14.3 Å². The molecule has 1 unspecified atom stereocenters. The van der Waals surface area contributed by atoms with Crippen LogP contribution >= 0.6 is 0 Å². The second kappa shape index (κ2) is 10.8. The van der Waals surface area contributed by atoms with Gasteiger partial charge in [0.2, 0.25) is 5.91 Å². The molecular weight excluding hydrogens is 368 g/mol. The van der Waals surface area contributed by atoms with Crippen LogP contribution in [0.5, 0.6) is 11.5 Å². The molecule has 0 bridgehead atoms. The van der Waals surface area contributed by atoms with Crippen LogP contribution in [-0.2, 0) is 11.3 Å². The molecule has 0 radical (unpaired) electrons. The first kappa shape index (κ1) is 20.4. The zero-order chi connectivity index (χ0) is 20.3. The van der Waals surface area contributed by atoms with Crippen molar-refractivity contribution in [1.29, 1.82) is 0 Å². The average molecular weight is 394 g/mol. The van der Waals surface area contributed by atoms with Gasteiger partial charge in [0.25, 0.3) is 0 Å². The summed E-state index contributed by atoms with van der Waals surface area (Å²) in [6, 6.07) is 17.2. The van der Waals surface area contributed by atoms with Crippen LogP contribution in [0.3, 0.4) is 0 Å². The number of ether oxygens (including phenoxy) is 2. The number of carbonyl (C=O) groups excluding carboxylic acids is 1. The molecule has 0 aliphatic rings. The zero-order valence-electron chi connectivity index (χ0n) is 16.5. The highest BCUT2D eigenvalue weighted by Crippen LogP contribution is 2.26. The minimum Gasteiger partial charge on any atom is -0.490 e. The average Bonchev–Trinajstić information content (AvgIpc) is 3.26. The van der Waals surface area contributed by atoms with E-state index in [-0.39, 0.29) is 11.9 Å². The van der Waals surface area contributed by atoms with Gasteiger partial charge in [-0.2, -0.15) is 5.10 Å². The van der Waals surface area contributed by atoms with Crippen LogP contribution in [0.2, 0.25) is 0 Å². The highest BCUT2D eigenvalue weighted by molar-refractivity contribution is 5.76. The Morgan fingerprint density at radius 2 is 1.79 bits per heavy atom. The van der Waals surface area contributed by atoms with E-state index in [1.807, 2.05) is 61.5 Å². The predicted molar refractivity (Wildman–Crippen MR) is 110 cm³/mol. The number of rotatable bonds is 11. The van der Waals surface area contributed by atoms with Crippen LogP contribution in [0.15, 0.2) is 67.3 Å². The van der Waals surface area contributed by atoms with Gasteiger partial charge in [0.15, 0.2) is 11.5 Å². The number of benzene rings is 2. The smallest absolute Gasteiger partial charge is 0.220 e. The monoisotopic (exact) mass is 394 g/mol. The van der Waals surface area contributed by atoms with Crippen molar-refractivity contribution >= 4 is 5.91 Å². The Morgan fingerprint density at radius 3 is 2.48 bits per heavy atom. The molecular formula is C22H26N4O3. The van der Waals surface area contributed by atoms with E-state index in [1.165, 1.54) is 6.33 Å². The van der Waals surface area contributed by atoms with E-state index in [9.17, 15) is 4.79 Å². The number of hydrogen-bond acceptors (Lipinski definition) is 5. The molecule has 7 nitrogen and oxygen atoms in total. The number of nitrogens with zero attached hydrogens (tertiary/aromatic N) is 3. The third-order valence-corrected chi connectivity index (χ3v) is 4.33. The molecule has 7 heteroatoms. The molecule has 1 atom stereocenters. The summed E-state index contributed by atoms with van der Waals surface area (Å²) in [5, 5.41) is 7.24. The number of aromatic nitrogens is 3. The molecule has 1 amide bonds. The molecule has 0 spiro atoms. The maximum Gasteiger partial charge on any atom is 0.220 e. The molecule has 1 aromatic heterocycles. The first-order valence-electron chi connectivity index (χ1n) is 9.77. The lowest BCUT2D eigenvalue weighted by atomic mass is 10.1. The zero-order valence-corrected chi connectivity index (χ0v) is 16.5. The van der Waals surface area contributed by atoms with E-state index in [0.717, 1.165) is 11.3 Å². The van der Waals surface area contributed by atoms with Crippen LogP contribution in [0.25, 0.3) is 0 Å².